The topological polar surface area (TPSA) is 90.7 Å². The van der Waals surface area contributed by atoms with E-state index >= 15 is 0 Å². The molecule has 1 aromatic carbocycles. The Hall–Kier alpha value is -1.70. The number of benzene rings is 1. The highest BCUT2D eigenvalue weighted by molar-refractivity contribution is 5.94. The molecule has 1 rings (SSSR count). The minimum Gasteiger partial charge on any atom is -0.465 e. The number of hydrogen-bond donors (Lipinski definition) is 2. The van der Waals surface area contributed by atoms with E-state index in [1.807, 2.05) is 0 Å². The molecule has 6 nitrogen and oxygen atoms in total. The lowest BCUT2D eigenvalue weighted by Crippen LogP contribution is -2.28. The fourth-order valence-electron chi connectivity index (χ4n) is 1.54. The molecule has 0 aliphatic carbocycles. The van der Waals surface area contributed by atoms with Crippen molar-refractivity contribution in [2.24, 2.45) is 5.73 Å². The van der Waals surface area contributed by atoms with Crippen molar-refractivity contribution in [1.29, 1.82) is 0 Å². The lowest BCUT2D eigenvalue weighted by Gasteiger charge is -2.13. The number of nitrogens with one attached hydrogen (secondary N) is 1. The third kappa shape index (κ3) is 5.66. The monoisotopic (exact) mass is 320 g/mol. The predicted molar refractivity (Wildman–Crippen MR) is 78.1 cm³/mol. The fourth-order valence-corrected chi connectivity index (χ4v) is 1.54. The van der Waals surface area contributed by atoms with Gasteiger partial charge in [-0.1, -0.05) is 0 Å². The van der Waals surface area contributed by atoms with Crippen molar-refractivity contribution in [2.75, 3.05) is 26.1 Å². The fraction of sp³-hybridized carbons (Fsp3) is 0.385. The van der Waals surface area contributed by atoms with Crippen molar-refractivity contribution in [3.8, 4) is 0 Å². The van der Waals surface area contributed by atoms with E-state index in [2.05, 4.69) is 10.1 Å². The number of hydrogen-bond acceptors (Lipinski definition) is 5. The van der Waals surface area contributed by atoms with E-state index in [0.717, 1.165) is 6.07 Å². The molecular formula is C13H18ClFN2O4. The molecule has 0 radical (unpaired) electrons. The molecule has 0 heterocycles. The molecule has 1 unspecified atom stereocenters. The summed E-state index contributed by atoms with van der Waals surface area (Å²) in [6, 6.07) is 3.57. The van der Waals surface area contributed by atoms with Crippen molar-refractivity contribution >= 4 is 30.0 Å². The Morgan fingerprint density at radius 1 is 1.38 bits per heavy atom. The molecule has 0 saturated heterocycles. The summed E-state index contributed by atoms with van der Waals surface area (Å²) < 4.78 is 23.1. The van der Waals surface area contributed by atoms with Crippen molar-refractivity contribution in [3.63, 3.8) is 0 Å². The van der Waals surface area contributed by atoms with Gasteiger partial charge in [-0.2, -0.15) is 0 Å². The highest BCUT2D eigenvalue weighted by Gasteiger charge is 2.15. The molecule has 118 valence electrons. The quantitative estimate of drug-likeness (QED) is 0.772. The Morgan fingerprint density at radius 3 is 2.57 bits per heavy atom. The number of rotatable bonds is 6. The average Bonchev–Trinajstić information content (AvgIpc) is 2.46. The number of ether oxygens (including phenoxy) is 2. The molecule has 1 amide bonds. The number of halogens is 2. The zero-order chi connectivity index (χ0) is 15.1. The molecule has 0 aromatic heterocycles. The van der Waals surface area contributed by atoms with Gasteiger partial charge in [-0.05, 0) is 18.2 Å². The first kappa shape index (κ1) is 19.3. The summed E-state index contributed by atoms with van der Waals surface area (Å²) in [5.74, 6) is -1.71. The third-order valence-corrected chi connectivity index (χ3v) is 2.67. The summed E-state index contributed by atoms with van der Waals surface area (Å²) in [5.41, 5.74) is 5.45. The summed E-state index contributed by atoms with van der Waals surface area (Å²) in [6.07, 6.45) is -0.448. The van der Waals surface area contributed by atoms with E-state index in [1.165, 1.54) is 26.4 Å². The van der Waals surface area contributed by atoms with E-state index in [1.54, 1.807) is 0 Å². The number of nitrogens with two attached hydrogens (primary N) is 1. The molecule has 0 fully saturated rings. The van der Waals surface area contributed by atoms with Crippen LogP contribution in [0.1, 0.15) is 16.8 Å². The van der Waals surface area contributed by atoms with Crippen LogP contribution in [0.25, 0.3) is 0 Å². The van der Waals surface area contributed by atoms with Crippen LogP contribution in [0.5, 0.6) is 0 Å². The van der Waals surface area contributed by atoms with Crippen LogP contribution in [0.4, 0.5) is 10.1 Å². The van der Waals surface area contributed by atoms with Crippen molar-refractivity contribution in [3.05, 3.63) is 29.6 Å². The predicted octanol–water partition coefficient (Wildman–Crippen LogP) is 1.34. The van der Waals surface area contributed by atoms with Gasteiger partial charge in [0.2, 0.25) is 5.91 Å². The number of carbonyl (C=O) groups excluding carboxylic acids is 2. The second-order valence-electron chi connectivity index (χ2n) is 4.03. The minimum atomic E-state index is -0.646. The maximum atomic E-state index is 13.6. The Morgan fingerprint density at radius 2 is 2.05 bits per heavy atom. The SMILES string of the molecule is COC(=O)c1ccc(F)c(NC(=O)CC(CN)OC)c1.Cl. The van der Waals surface area contributed by atoms with Crippen molar-refractivity contribution < 1.29 is 23.5 Å². The Labute approximate surface area is 128 Å². The third-order valence-electron chi connectivity index (χ3n) is 2.67. The van der Waals surface area contributed by atoms with Gasteiger partial charge in [0.15, 0.2) is 0 Å². The van der Waals surface area contributed by atoms with Gasteiger partial charge in [-0.25, -0.2) is 9.18 Å². The van der Waals surface area contributed by atoms with Gasteiger partial charge in [0.1, 0.15) is 5.82 Å². The van der Waals surface area contributed by atoms with E-state index in [4.69, 9.17) is 10.5 Å². The van der Waals surface area contributed by atoms with Crippen LogP contribution in [0, 0.1) is 5.82 Å². The van der Waals surface area contributed by atoms with Gasteiger partial charge in [-0.3, -0.25) is 4.79 Å². The summed E-state index contributed by atoms with van der Waals surface area (Å²) >= 11 is 0. The van der Waals surface area contributed by atoms with E-state index < -0.39 is 23.8 Å². The van der Waals surface area contributed by atoms with Crippen LogP contribution < -0.4 is 11.1 Å². The molecule has 8 heteroatoms. The normalized spacial score (nSPS) is 11.2. The van der Waals surface area contributed by atoms with E-state index in [0.29, 0.717) is 0 Å². The lowest BCUT2D eigenvalue weighted by atomic mass is 10.2. The lowest BCUT2D eigenvalue weighted by molar-refractivity contribution is -0.118. The minimum absolute atomic E-state index is 0. The van der Waals surface area contributed by atoms with Crippen LogP contribution in [0.15, 0.2) is 18.2 Å². The van der Waals surface area contributed by atoms with E-state index in [9.17, 15) is 14.0 Å². The summed E-state index contributed by atoms with van der Waals surface area (Å²) in [6.45, 7) is 0.175. The number of carbonyl (C=O) groups is 2. The highest BCUT2D eigenvalue weighted by Crippen LogP contribution is 2.17. The Kier molecular flexibility index (Phi) is 8.52. The van der Waals surface area contributed by atoms with Gasteiger partial charge in [0.25, 0.3) is 0 Å². The van der Waals surface area contributed by atoms with Gasteiger partial charge < -0.3 is 20.5 Å². The van der Waals surface area contributed by atoms with Crippen LogP contribution in [0.3, 0.4) is 0 Å². The molecule has 1 atom stereocenters. The smallest absolute Gasteiger partial charge is 0.337 e. The first-order chi connectivity index (χ1) is 9.51. The second-order valence-corrected chi connectivity index (χ2v) is 4.03. The molecule has 0 aliphatic rings. The molecule has 0 bridgehead atoms. The standard InChI is InChI=1S/C13H17FN2O4.ClH/c1-19-9(7-15)6-12(17)16-11-5-8(13(18)20-2)3-4-10(11)14;/h3-5,9H,6-7,15H2,1-2H3,(H,16,17);1H. The van der Waals surface area contributed by atoms with Crippen LogP contribution >= 0.6 is 12.4 Å². The maximum absolute atomic E-state index is 13.6. The average molecular weight is 321 g/mol. The van der Waals surface area contributed by atoms with Gasteiger partial charge in [0.05, 0.1) is 30.9 Å². The van der Waals surface area contributed by atoms with Crippen molar-refractivity contribution in [2.45, 2.75) is 12.5 Å². The van der Waals surface area contributed by atoms with Crippen LogP contribution in [-0.4, -0.2) is 38.7 Å². The molecule has 0 aliphatic heterocycles. The van der Waals surface area contributed by atoms with E-state index in [-0.39, 0.29) is 36.6 Å². The molecule has 0 saturated carbocycles. The number of methoxy groups -OCH3 is 2. The number of anilines is 1. The van der Waals surface area contributed by atoms with Gasteiger partial charge >= 0.3 is 5.97 Å². The Bertz CT molecular complexity index is 495. The van der Waals surface area contributed by atoms with Crippen LogP contribution in [-0.2, 0) is 14.3 Å². The molecule has 3 N–H and O–H groups in total. The summed E-state index contributed by atoms with van der Waals surface area (Å²) in [7, 11) is 2.65. The zero-order valence-electron chi connectivity index (χ0n) is 11.7. The number of esters is 1. The van der Waals surface area contributed by atoms with Crippen molar-refractivity contribution in [1.82, 2.24) is 0 Å². The summed E-state index contributed by atoms with van der Waals surface area (Å²) in [5, 5.41) is 2.37. The largest absolute Gasteiger partial charge is 0.465 e. The highest BCUT2D eigenvalue weighted by atomic mass is 35.5. The first-order valence-corrected chi connectivity index (χ1v) is 5.92. The maximum Gasteiger partial charge on any atom is 0.337 e. The van der Waals surface area contributed by atoms with Gasteiger partial charge in [-0.15, -0.1) is 12.4 Å². The summed E-state index contributed by atoms with van der Waals surface area (Å²) in [4.78, 5) is 23.1. The zero-order valence-corrected chi connectivity index (χ0v) is 12.5. The van der Waals surface area contributed by atoms with Crippen LogP contribution in [0.2, 0.25) is 0 Å². The number of amides is 1. The molecule has 1 aromatic rings. The molecule has 0 spiro atoms. The molecular weight excluding hydrogens is 303 g/mol. The first-order valence-electron chi connectivity index (χ1n) is 5.92. The Balaban J connectivity index is 0.00000400. The second kappa shape index (κ2) is 9.28. The van der Waals surface area contributed by atoms with Gasteiger partial charge in [0, 0.05) is 13.7 Å². The molecule has 21 heavy (non-hydrogen) atoms.